The molecule has 0 bridgehead atoms. The summed E-state index contributed by atoms with van der Waals surface area (Å²) in [5, 5.41) is 0. The fourth-order valence-electron chi connectivity index (χ4n) is 2.76. The molecule has 0 aromatic carbocycles. The molecular weight excluding hydrogens is 278 g/mol. The molecule has 0 saturated heterocycles. The van der Waals surface area contributed by atoms with E-state index in [0.717, 1.165) is 31.8 Å². The van der Waals surface area contributed by atoms with Crippen molar-refractivity contribution in [3.63, 3.8) is 0 Å². The van der Waals surface area contributed by atoms with Crippen LogP contribution in [0, 0.1) is 5.41 Å². The predicted octanol–water partition coefficient (Wildman–Crippen LogP) is 2.34. The zero-order chi connectivity index (χ0) is 17.7. The molecule has 22 heavy (non-hydrogen) atoms. The lowest BCUT2D eigenvalue weighted by Gasteiger charge is -2.41. The second-order valence-corrected chi connectivity index (χ2v) is 8.15. The maximum Gasteiger partial charge on any atom is 0.139 e. The number of nitrogens with one attached hydrogen (secondary N) is 2. The van der Waals surface area contributed by atoms with Crippen LogP contribution in [0.3, 0.4) is 0 Å². The van der Waals surface area contributed by atoms with E-state index >= 15 is 0 Å². The van der Waals surface area contributed by atoms with Crippen LogP contribution in [0.25, 0.3) is 0 Å². The Morgan fingerprint density at radius 1 is 0.864 bits per heavy atom. The summed E-state index contributed by atoms with van der Waals surface area (Å²) >= 11 is 0. The number of rotatable bonds is 11. The van der Waals surface area contributed by atoms with Crippen LogP contribution in [-0.4, -0.2) is 29.2 Å². The maximum atomic E-state index is 11.4. The van der Waals surface area contributed by atoms with E-state index < -0.39 is 5.54 Å². The van der Waals surface area contributed by atoms with Gasteiger partial charge in [-0.25, -0.2) is 0 Å². The van der Waals surface area contributed by atoms with E-state index in [-0.39, 0.29) is 16.5 Å². The molecule has 0 heterocycles. The summed E-state index contributed by atoms with van der Waals surface area (Å²) in [7, 11) is 0. The highest BCUT2D eigenvalue weighted by molar-refractivity contribution is 5.63. The van der Waals surface area contributed by atoms with Crippen molar-refractivity contribution >= 4 is 12.6 Å². The van der Waals surface area contributed by atoms with Gasteiger partial charge in [-0.1, -0.05) is 20.8 Å². The van der Waals surface area contributed by atoms with Crippen LogP contribution in [0.15, 0.2) is 0 Å². The van der Waals surface area contributed by atoms with Gasteiger partial charge in [0.25, 0.3) is 0 Å². The predicted molar refractivity (Wildman–Crippen MR) is 91.4 cm³/mol. The van der Waals surface area contributed by atoms with Gasteiger partial charge in [-0.15, -0.1) is 0 Å². The molecule has 0 amide bonds. The molecule has 0 aromatic heterocycles. The first-order chi connectivity index (χ1) is 9.86. The second kappa shape index (κ2) is 7.66. The van der Waals surface area contributed by atoms with Crippen molar-refractivity contribution in [2.75, 3.05) is 0 Å². The quantitative estimate of drug-likeness (QED) is 0.403. The molecule has 0 spiro atoms. The molecule has 5 nitrogen and oxygen atoms in total. The van der Waals surface area contributed by atoms with Crippen molar-refractivity contribution in [2.45, 2.75) is 90.8 Å². The van der Waals surface area contributed by atoms with Gasteiger partial charge in [0, 0.05) is 16.5 Å². The highest BCUT2D eigenvalue weighted by Gasteiger charge is 2.35. The Balaban J connectivity index is 4.87. The van der Waals surface area contributed by atoms with Gasteiger partial charge in [-0.2, -0.15) is 0 Å². The highest BCUT2D eigenvalue weighted by atomic mass is 16.1. The van der Waals surface area contributed by atoms with Gasteiger partial charge >= 0.3 is 0 Å². The second-order valence-electron chi connectivity index (χ2n) is 8.15. The van der Waals surface area contributed by atoms with Crippen molar-refractivity contribution in [3.8, 4) is 0 Å². The first-order valence-electron chi connectivity index (χ1n) is 8.12. The number of aldehydes is 2. The minimum Gasteiger partial charge on any atom is -0.319 e. The third kappa shape index (κ3) is 6.99. The van der Waals surface area contributed by atoms with Crippen LogP contribution < -0.4 is 16.6 Å². The molecule has 5 heteroatoms. The average molecular weight is 313 g/mol. The molecular formula is C17H35N3O2. The molecule has 0 aliphatic rings. The number of hydrogen-bond acceptors (Lipinski definition) is 5. The Morgan fingerprint density at radius 2 is 1.41 bits per heavy atom. The Bertz CT molecular complexity index is 382. The van der Waals surface area contributed by atoms with E-state index in [2.05, 4.69) is 24.7 Å². The number of carbonyl (C=O) groups excluding carboxylic acids is 2. The monoisotopic (exact) mass is 313 g/mol. The molecule has 0 aliphatic carbocycles. The van der Waals surface area contributed by atoms with E-state index in [4.69, 9.17) is 5.73 Å². The van der Waals surface area contributed by atoms with Gasteiger partial charge in [0.15, 0.2) is 0 Å². The molecule has 3 atom stereocenters. The molecule has 0 fully saturated rings. The Morgan fingerprint density at radius 3 is 1.77 bits per heavy atom. The average Bonchev–Trinajstić information content (AvgIpc) is 2.44. The first-order valence-corrected chi connectivity index (χ1v) is 8.12. The zero-order valence-corrected chi connectivity index (χ0v) is 15.4. The Labute approximate surface area is 135 Å². The maximum absolute atomic E-state index is 11.4. The van der Waals surface area contributed by atoms with E-state index in [0.29, 0.717) is 6.42 Å². The summed E-state index contributed by atoms with van der Waals surface area (Å²) < 4.78 is 0. The van der Waals surface area contributed by atoms with Crippen LogP contribution >= 0.6 is 0 Å². The van der Waals surface area contributed by atoms with Crippen LogP contribution in [-0.2, 0) is 9.59 Å². The summed E-state index contributed by atoms with van der Waals surface area (Å²) in [5.41, 5.74) is 10.9. The van der Waals surface area contributed by atoms with E-state index in [1.165, 1.54) is 0 Å². The molecule has 4 N–H and O–H groups in total. The molecule has 0 rings (SSSR count). The van der Waals surface area contributed by atoms with Crippen molar-refractivity contribution in [1.82, 2.24) is 10.9 Å². The molecule has 0 saturated carbocycles. The molecule has 0 radical (unpaired) electrons. The molecule has 3 unspecified atom stereocenters. The summed E-state index contributed by atoms with van der Waals surface area (Å²) in [4.78, 5) is 22.4. The minimum absolute atomic E-state index is 0.213. The number of hydrazine groups is 1. The van der Waals surface area contributed by atoms with Crippen LogP contribution in [0.1, 0.15) is 74.1 Å². The van der Waals surface area contributed by atoms with Crippen LogP contribution in [0.4, 0.5) is 0 Å². The third-order valence-corrected chi connectivity index (χ3v) is 4.46. The Kier molecular flexibility index (Phi) is 7.39. The summed E-state index contributed by atoms with van der Waals surface area (Å²) in [6.45, 7) is 14.0. The minimum atomic E-state index is -0.860. The van der Waals surface area contributed by atoms with Crippen molar-refractivity contribution in [1.29, 1.82) is 0 Å². The first kappa shape index (κ1) is 21.2. The number of hydrogen-bond donors (Lipinski definition) is 3. The van der Waals surface area contributed by atoms with Gasteiger partial charge in [-0.05, 0) is 53.4 Å². The SMILES string of the molecule is CCC(C)(C=O)CC(C)(CC)NNC(C)(C)CC(C)(N)C=O. The zero-order valence-electron chi connectivity index (χ0n) is 15.4. The topological polar surface area (TPSA) is 84.2 Å². The largest absolute Gasteiger partial charge is 0.319 e. The normalized spacial score (nSPS) is 20.5. The summed E-state index contributed by atoms with van der Waals surface area (Å²) in [6.07, 6.45) is 4.78. The van der Waals surface area contributed by atoms with Gasteiger partial charge < -0.3 is 15.3 Å². The van der Waals surface area contributed by atoms with Gasteiger partial charge in [-0.3, -0.25) is 10.9 Å². The lowest BCUT2D eigenvalue weighted by molar-refractivity contribution is -0.117. The van der Waals surface area contributed by atoms with Crippen molar-refractivity contribution in [3.05, 3.63) is 0 Å². The Hall–Kier alpha value is -0.780. The molecule has 0 aliphatic heterocycles. The fourth-order valence-corrected chi connectivity index (χ4v) is 2.76. The highest BCUT2D eigenvalue weighted by Crippen LogP contribution is 2.31. The summed E-state index contributed by atoms with van der Waals surface area (Å²) in [5.74, 6) is 0. The summed E-state index contributed by atoms with van der Waals surface area (Å²) in [6, 6.07) is 0. The van der Waals surface area contributed by atoms with Crippen LogP contribution in [0.2, 0.25) is 0 Å². The smallest absolute Gasteiger partial charge is 0.139 e. The molecule has 130 valence electrons. The van der Waals surface area contributed by atoms with Crippen molar-refractivity contribution in [2.24, 2.45) is 11.1 Å². The lowest BCUT2D eigenvalue weighted by Crippen LogP contribution is -2.61. The van der Waals surface area contributed by atoms with E-state index in [9.17, 15) is 9.59 Å². The molecule has 0 aromatic rings. The lowest BCUT2D eigenvalue weighted by atomic mass is 9.76. The van der Waals surface area contributed by atoms with E-state index in [1.807, 2.05) is 27.7 Å². The van der Waals surface area contributed by atoms with Crippen LogP contribution in [0.5, 0.6) is 0 Å². The fraction of sp³-hybridized carbons (Fsp3) is 0.882. The number of carbonyl (C=O) groups is 2. The van der Waals surface area contributed by atoms with Gasteiger partial charge in [0.1, 0.15) is 12.6 Å². The van der Waals surface area contributed by atoms with E-state index in [1.54, 1.807) is 6.92 Å². The third-order valence-electron chi connectivity index (χ3n) is 4.46. The van der Waals surface area contributed by atoms with Gasteiger partial charge in [0.05, 0.1) is 5.54 Å². The number of nitrogens with two attached hydrogens (primary N) is 1. The standard InChI is InChI=1S/C17H35N3O2/c1-8-15(5,12-21)11-17(7,9-2)20-19-14(3,4)10-16(6,18)13-22/h12-13,19-20H,8-11,18H2,1-7H3. The van der Waals surface area contributed by atoms with Crippen molar-refractivity contribution < 1.29 is 9.59 Å². The van der Waals surface area contributed by atoms with Gasteiger partial charge in [0.2, 0.25) is 0 Å².